The molecule has 4 nitrogen and oxygen atoms in total. The highest BCUT2D eigenvalue weighted by Crippen LogP contribution is 2.33. The van der Waals surface area contributed by atoms with E-state index in [0.29, 0.717) is 0 Å². The Balaban J connectivity index is 3.09. The van der Waals surface area contributed by atoms with Gasteiger partial charge in [-0.1, -0.05) is 12.7 Å². The number of carbonyl (C=O) groups is 1. The van der Waals surface area contributed by atoms with Crippen molar-refractivity contribution in [2.45, 2.75) is 6.36 Å². The van der Waals surface area contributed by atoms with Crippen molar-refractivity contribution >= 4 is 5.97 Å². The topological polar surface area (TPSA) is 55.8 Å². The van der Waals surface area contributed by atoms with Crippen LogP contribution in [0.15, 0.2) is 30.9 Å². The lowest BCUT2D eigenvalue weighted by molar-refractivity contribution is -0.275. The average Bonchev–Trinajstić information content (AvgIpc) is 2.25. The molecule has 0 aromatic heterocycles. The molecule has 0 spiro atoms. The zero-order chi connectivity index (χ0) is 13.8. The maximum Gasteiger partial charge on any atom is 0.573 e. The molecule has 0 radical (unpaired) electrons. The number of halogens is 3. The quantitative estimate of drug-likeness (QED) is 0.829. The van der Waals surface area contributed by atoms with Gasteiger partial charge in [0, 0.05) is 0 Å². The van der Waals surface area contributed by atoms with Gasteiger partial charge in [-0.25, -0.2) is 4.79 Å². The van der Waals surface area contributed by atoms with E-state index in [4.69, 9.17) is 9.84 Å². The number of rotatable bonds is 5. The molecule has 0 fully saturated rings. The normalized spacial score (nSPS) is 10.8. The van der Waals surface area contributed by atoms with Crippen molar-refractivity contribution in [3.63, 3.8) is 0 Å². The van der Waals surface area contributed by atoms with E-state index < -0.39 is 18.1 Å². The molecule has 18 heavy (non-hydrogen) atoms. The van der Waals surface area contributed by atoms with Gasteiger partial charge < -0.3 is 14.6 Å². The zero-order valence-corrected chi connectivity index (χ0v) is 9.03. The summed E-state index contributed by atoms with van der Waals surface area (Å²) >= 11 is 0. The van der Waals surface area contributed by atoms with E-state index in [2.05, 4.69) is 11.3 Å². The zero-order valence-electron chi connectivity index (χ0n) is 9.03. The first-order valence-electron chi connectivity index (χ1n) is 4.70. The lowest BCUT2D eigenvalue weighted by atomic mass is 10.2. The van der Waals surface area contributed by atoms with Crippen LogP contribution in [0.2, 0.25) is 0 Å². The fourth-order valence-corrected chi connectivity index (χ4v) is 1.11. The van der Waals surface area contributed by atoms with E-state index in [1.807, 2.05) is 0 Å². The van der Waals surface area contributed by atoms with Gasteiger partial charge in [0.15, 0.2) is 11.5 Å². The Bertz CT molecular complexity index is 454. The summed E-state index contributed by atoms with van der Waals surface area (Å²) in [6.07, 6.45) is -3.59. The molecule has 0 saturated carbocycles. The minimum Gasteiger partial charge on any atom is -0.486 e. The highest BCUT2D eigenvalue weighted by molar-refractivity contribution is 5.88. The molecule has 1 rings (SSSR count). The minimum atomic E-state index is -4.93. The largest absolute Gasteiger partial charge is 0.573 e. The summed E-state index contributed by atoms with van der Waals surface area (Å²) in [5.74, 6) is -2.28. The number of hydrogen-bond donors (Lipinski definition) is 1. The van der Waals surface area contributed by atoms with Crippen molar-refractivity contribution in [3.05, 3.63) is 36.4 Å². The van der Waals surface area contributed by atoms with Crippen LogP contribution in [0.3, 0.4) is 0 Å². The molecule has 98 valence electrons. The standard InChI is InChI=1S/C11H9F3O4/c1-2-5-17-8-4-3-7(10(15)16)6-9(8)18-11(12,13)14/h2-4,6H,1,5H2,(H,15,16). The Morgan fingerprint density at radius 3 is 2.56 bits per heavy atom. The monoisotopic (exact) mass is 262 g/mol. The number of carboxylic acid groups (broad SMARTS) is 1. The molecular weight excluding hydrogens is 253 g/mol. The van der Waals surface area contributed by atoms with Crippen molar-refractivity contribution in [1.82, 2.24) is 0 Å². The van der Waals surface area contributed by atoms with Gasteiger partial charge in [0.25, 0.3) is 0 Å². The molecule has 0 bridgehead atoms. The van der Waals surface area contributed by atoms with Crippen LogP contribution in [0.25, 0.3) is 0 Å². The molecule has 0 aliphatic rings. The summed E-state index contributed by atoms with van der Waals surface area (Å²) in [5.41, 5.74) is -0.333. The third kappa shape index (κ3) is 4.00. The van der Waals surface area contributed by atoms with E-state index in [1.54, 1.807) is 0 Å². The Morgan fingerprint density at radius 1 is 1.39 bits per heavy atom. The van der Waals surface area contributed by atoms with Crippen molar-refractivity contribution in [1.29, 1.82) is 0 Å². The van der Waals surface area contributed by atoms with Crippen LogP contribution >= 0.6 is 0 Å². The maximum atomic E-state index is 12.1. The van der Waals surface area contributed by atoms with E-state index in [0.717, 1.165) is 18.2 Å². The van der Waals surface area contributed by atoms with Gasteiger partial charge in [0.05, 0.1) is 5.56 Å². The van der Waals surface area contributed by atoms with Crippen LogP contribution < -0.4 is 9.47 Å². The minimum absolute atomic E-state index is 0.0271. The molecular formula is C11H9F3O4. The number of hydrogen-bond acceptors (Lipinski definition) is 3. The van der Waals surface area contributed by atoms with Crippen molar-refractivity contribution in [2.75, 3.05) is 6.61 Å². The predicted octanol–water partition coefficient (Wildman–Crippen LogP) is 2.85. The summed E-state index contributed by atoms with van der Waals surface area (Å²) in [6.45, 7) is 3.32. The number of carboxylic acids is 1. The molecule has 0 unspecified atom stereocenters. The first-order valence-corrected chi connectivity index (χ1v) is 4.70. The number of benzene rings is 1. The Labute approximate surface area is 100 Å². The SMILES string of the molecule is C=CCOc1ccc(C(=O)O)cc1OC(F)(F)F. The molecule has 7 heteroatoms. The lowest BCUT2D eigenvalue weighted by Crippen LogP contribution is -2.18. The van der Waals surface area contributed by atoms with Crippen LogP contribution in [-0.4, -0.2) is 24.0 Å². The van der Waals surface area contributed by atoms with Crippen LogP contribution in [0.1, 0.15) is 10.4 Å². The van der Waals surface area contributed by atoms with Crippen LogP contribution in [0, 0.1) is 0 Å². The van der Waals surface area contributed by atoms with E-state index >= 15 is 0 Å². The predicted molar refractivity (Wildman–Crippen MR) is 55.8 cm³/mol. The first kappa shape index (κ1) is 13.9. The Hall–Kier alpha value is -2.18. The fourth-order valence-electron chi connectivity index (χ4n) is 1.11. The summed E-state index contributed by atoms with van der Waals surface area (Å²) in [7, 11) is 0. The molecule has 0 aliphatic heterocycles. The molecule has 0 aliphatic carbocycles. The van der Waals surface area contributed by atoms with Crippen molar-refractivity contribution in [3.8, 4) is 11.5 Å². The van der Waals surface area contributed by atoms with Crippen LogP contribution in [0.4, 0.5) is 13.2 Å². The highest BCUT2D eigenvalue weighted by atomic mass is 19.4. The fraction of sp³-hybridized carbons (Fsp3) is 0.182. The first-order chi connectivity index (χ1) is 8.33. The van der Waals surface area contributed by atoms with E-state index in [-0.39, 0.29) is 17.9 Å². The highest BCUT2D eigenvalue weighted by Gasteiger charge is 2.32. The average molecular weight is 262 g/mol. The van der Waals surface area contributed by atoms with Crippen molar-refractivity contribution < 1.29 is 32.5 Å². The maximum absolute atomic E-state index is 12.1. The van der Waals surface area contributed by atoms with Crippen LogP contribution in [-0.2, 0) is 0 Å². The number of ether oxygens (including phenoxy) is 2. The van der Waals surface area contributed by atoms with E-state index in [9.17, 15) is 18.0 Å². The van der Waals surface area contributed by atoms with Gasteiger partial charge in [-0.3, -0.25) is 0 Å². The number of aromatic carboxylic acids is 1. The van der Waals surface area contributed by atoms with Gasteiger partial charge in [-0.15, -0.1) is 13.2 Å². The summed E-state index contributed by atoms with van der Waals surface area (Å²) in [5, 5.41) is 8.68. The molecule has 0 amide bonds. The molecule has 0 atom stereocenters. The Morgan fingerprint density at radius 2 is 2.06 bits per heavy atom. The van der Waals surface area contributed by atoms with Gasteiger partial charge in [-0.2, -0.15) is 0 Å². The molecule has 1 N–H and O–H groups in total. The van der Waals surface area contributed by atoms with Crippen LogP contribution in [0.5, 0.6) is 11.5 Å². The smallest absolute Gasteiger partial charge is 0.486 e. The Kier molecular flexibility index (Phi) is 4.19. The second-order valence-corrected chi connectivity index (χ2v) is 3.11. The molecule has 1 aromatic carbocycles. The van der Waals surface area contributed by atoms with Gasteiger partial charge >= 0.3 is 12.3 Å². The van der Waals surface area contributed by atoms with Crippen molar-refractivity contribution in [2.24, 2.45) is 0 Å². The van der Waals surface area contributed by atoms with Gasteiger partial charge in [0.2, 0.25) is 0 Å². The van der Waals surface area contributed by atoms with Gasteiger partial charge in [0.1, 0.15) is 6.61 Å². The molecule has 1 aromatic rings. The summed E-state index contributed by atoms with van der Waals surface area (Å²) < 4.78 is 45.0. The molecule has 0 saturated heterocycles. The third-order valence-corrected chi connectivity index (χ3v) is 1.77. The lowest BCUT2D eigenvalue weighted by Gasteiger charge is -2.13. The second-order valence-electron chi connectivity index (χ2n) is 3.11. The number of alkyl halides is 3. The summed E-state index contributed by atoms with van der Waals surface area (Å²) in [4.78, 5) is 10.7. The van der Waals surface area contributed by atoms with E-state index in [1.165, 1.54) is 6.08 Å². The van der Waals surface area contributed by atoms with Gasteiger partial charge in [-0.05, 0) is 18.2 Å². The third-order valence-electron chi connectivity index (χ3n) is 1.77. The molecule has 0 heterocycles. The summed E-state index contributed by atoms with van der Waals surface area (Å²) in [6, 6.07) is 2.95. The second kappa shape index (κ2) is 5.44.